The number of hydrogen-bond donors (Lipinski definition) is 2. The molecule has 0 aliphatic carbocycles. The lowest BCUT2D eigenvalue weighted by Gasteiger charge is -2.35. The lowest BCUT2D eigenvalue weighted by atomic mass is 10.0. The van der Waals surface area contributed by atoms with Gasteiger partial charge in [0.15, 0.2) is 0 Å². The van der Waals surface area contributed by atoms with Crippen molar-refractivity contribution < 1.29 is 14.5 Å². The molecule has 2 heterocycles. The molecule has 10 heteroatoms. The van der Waals surface area contributed by atoms with Crippen molar-refractivity contribution in [3.8, 4) is 5.69 Å². The number of nitro groups is 1. The number of aromatic nitrogens is 2. The van der Waals surface area contributed by atoms with E-state index in [1.165, 1.54) is 23.1 Å². The van der Waals surface area contributed by atoms with Crippen LogP contribution in [0.4, 0.5) is 16.2 Å². The van der Waals surface area contributed by atoms with Crippen LogP contribution in [0.2, 0.25) is 0 Å². The van der Waals surface area contributed by atoms with Gasteiger partial charge in [-0.15, -0.1) is 0 Å². The topological polar surface area (TPSA) is 122 Å². The quantitative estimate of drug-likeness (QED) is 0.483. The molecule has 2 aromatic carbocycles. The molecular weight excluding hydrogens is 412 g/mol. The fraction of sp³-hybridized carbons (Fsp3) is 0.227. The molecule has 1 aromatic heterocycles. The number of piperazine rings is 1. The second-order valence-electron chi connectivity index (χ2n) is 7.46. The van der Waals surface area contributed by atoms with Crippen LogP contribution in [-0.2, 0) is 4.79 Å². The number of hydrogen-bond acceptors (Lipinski definition) is 5. The van der Waals surface area contributed by atoms with E-state index in [4.69, 9.17) is 0 Å². The van der Waals surface area contributed by atoms with E-state index in [-0.39, 0.29) is 23.8 Å². The molecule has 0 spiro atoms. The van der Waals surface area contributed by atoms with E-state index in [2.05, 4.69) is 15.7 Å². The molecule has 4 rings (SSSR count). The number of rotatable bonds is 4. The molecule has 2 N–H and O–H groups in total. The zero-order chi connectivity index (χ0) is 22.8. The standard InChI is InChI=1S/C22H22N6O4/c1-14-19(15(2)27(25-14)17-8-4-3-5-9-17)20-21(29)23-11-12-26(20)22(30)24-16-7-6-10-18(13-16)28(31)32/h3-10,13,20H,11-12H2,1-2H3,(H,23,29)(H,24,30)/t20-/m1/s1. The first-order valence-corrected chi connectivity index (χ1v) is 10.1. The Bertz CT molecular complexity index is 1190. The summed E-state index contributed by atoms with van der Waals surface area (Å²) in [5.74, 6) is -0.302. The lowest BCUT2D eigenvalue weighted by molar-refractivity contribution is -0.384. The zero-order valence-corrected chi connectivity index (χ0v) is 17.6. The van der Waals surface area contributed by atoms with Crippen LogP contribution in [-0.4, -0.2) is 44.6 Å². The molecule has 164 valence electrons. The molecule has 0 unspecified atom stereocenters. The van der Waals surface area contributed by atoms with Crippen LogP contribution < -0.4 is 10.6 Å². The van der Waals surface area contributed by atoms with E-state index in [1.807, 2.05) is 37.3 Å². The largest absolute Gasteiger partial charge is 0.352 e. The summed E-state index contributed by atoms with van der Waals surface area (Å²) in [5, 5.41) is 21.1. The van der Waals surface area contributed by atoms with Gasteiger partial charge in [0.1, 0.15) is 6.04 Å². The second kappa shape index (κ2) is 8.50. The van der Waals surface area contributed by atoms with Crippen molar-refractivity contribution >= 4 is 23.3 Å². The minimum absolute atomic E-state index is 0.133. The maximum Gasteiger partial charge on any atom is 0.322 e. The van der Waals surface area contributed by atoms with Crippen molar-refractivity contribution in [2.45, 2.75) is 19.9 Å². The summed E-state index contributed by atoms with van der Waals surface area (Å²) in [4.78, 5) is 38.0. The Morgan fingerprint density at radius 1 is 1.19 bits per heavy atom. The van der Waals surface area contributed by atoms with Gasteiger partial charge in [-0.25, -0.2) is 9.48 Å². The van der Waals surface area contributed by atoms with Gasteiger partial charge in [-0.3, -0.25) is 14.9 Å². The lowest BCUT2D eigenvalue weighted by Crippen LogP contribution is -2.53. The number of benzene rings is 2. The molecule has 0 radical (unpaired) electrons. The average molecular weight is 434 g/mol. The van der Waals surface area contributed by atoms with Crippen molar-refractivity contribution in [2.24, 2.45) is 0 Å². The number of carbonyl (C=O) groups excluding carboxylic acids is 2. The van der Waals surface area contributed by atoms with Gasteiger partial charge in [-0.1, -0.05) is 24.3 Å². The molecule has 3 aromatic rings. The highest BCUT2D eigenvalue weighted by Gasteiger charge is 2.38. The Kier molecular flexibility index (Phi) is 5.59. The molecule has 32 heavy (non-hydrogen) atoms. The van der Waals surface area contributed by atoms with Crippen LogP contribution in [0.25, 0.3) is 5.69 Å². The van der Waals surface area contributed by atoms with Crippen LogP contribution >= 0.6 is 0 Å². The van der Waals surface area contributed by atoms with Gasteiger partial charge in [-0.05, 0) is 32.0 Å². The first kappa shape index (κ1) is 21.0. The minimum atomic E-state index is -0.875. The molecule has 0 saturated carbocycles. The van der Waals surface area contributed by atoms with Gasteiger partial charge in [0.2, 0.25) is 5.91 Å². The molecule has 1 saturated heterocycles. The average Bonchev–Trinajstić information content (AvgIpc) is 3.08. The second-order valence-corrected chi connectivity index (χ2v) is 7.46. The van der Waals surface area contributed by atoms with E-state index in [0.717, 1.165) is 11.4 Å². The summed E-state index contributed by atoms with van der Waals surface area (Å²) < 4.78 is 1.75. The summed E-state index contributed by atoms with van der Waals surface area (Å²) in [6.07, 6.45) is 0. The number of nitrogens with zero attached hydrogens (tertiary/aromatic N) is 4. The van der Waals surface area contributed by atoms with Crippen LogP contribution in [0.15, 0.2) is 54.6 Å². The van der Waals surface area contributed by atoms with Crippen molar-refractivity contribution in [3.05, 3.63) is 81.7 Å². The molecule has 3 amide bonds. The highest BCUT2D eigenvalue weighted by Crippen LogP contribution is 2.31. The Labute approximate surface area is 184 Å². The highest BCUT2D eigenvalue weighted by atomic mass is 16.6. The maximum atomic E-state index is 13.1. The zero-order valence-electron chi connectivity index (χ0n) is 17.6. The summed E-state index contributed by atoms with van der Waals surface area (Å²) >= 11 is 0. The van der Waals surface area contributed by atoms with Crippen molar-refractivity contribution in [2.75, 3.05) is 18.4 Å². The van der Waals surface area contributed by atoms with Crippen molar-refractivity contribution in [1.82, 2.24) is 20.0 Å². The summed E-state index contributed by atoms with van der Waals surface area (Å²) in [5.41, 5.74) is 3.04. The summed E-state index contributed by atoms with van der Waals surface area (Å²) in [7, 11) is 0. The molecule has 0 bridgehead atoms. The number of aryl methyl sites for hydroxylation is 1. The fourth-order valence-corrected chi connectivity index (χ4v) is 3.94. The van der Waals surface area contributed by atoms with Crippen LogP contribution in [0.3, 0.4) is 0 Å². The number of amides is 3. The van der Waals surface area contributed by atoms with Crippen molar-refractivity contribution in [3.63, 3.8) is 0 Å². The van der Waals surface area contributed by atoms with Crippen molar-refractivity contribution in [1.29, 1.82) is 0 Å². The van der Waals surface area contributed by atoms with E-state index in [1.54, 1.807) is 17.7 Å². The third-order valence-corrected chi connectivity index (χ3v) is 5.40. The van der Waals surface area contributed by atoms with Gasteiger partial charge >= 0.3 is 6.03 Å². The van der Waals surface area contributed by atoms with Gasteiger partial charge in [0.05, 0.1) is 16.3 Å². The Morgan fingerprint density at radius 3 is 2.66 bits per heavy atom. The molecule has 1 fully saturated rings. The number of non-ortho nitro benzene ring substituents is 1. The van der Waals surface area contributed by atoms with E-state index in [0.29, 0.717) is 17.8 Å². The number of nitrogens with one attached hydrogen (secondary N) is 2. The summed E-state index contributed by atoms with van der Waals surface area (Å²) in [6.45, 7) is 4.26. The minimum Gasteiger partial charge on any atom is -0.352 e. The Hall–Kier alpha value is -4.21. The molecule has 1 atom stereocenters. The van der Waals surface area contributed by atoms with Crippen LogP contribution in [0, 0.1) is 24.0 Å². The molecular formula is C22H22N6O4. The van der Waals surface area contributed by atoms with Gasteiger partial charge in [0, 0.05) is 42.2 Å². The van der Waals surface area contributed by atoms with E-state index >= 15 is 0 Å². The third kappa shape index (κ3) is 3.89. The predicted octanol–water partition coefficient (Wildman–Crippen LogP) is 3.10. The van der Waals surface area contributed by atoms with Gasteiger partial charge in [0.25, 0.3) is 5.69 Å². The predicted molar refractivity (Wildman–Crippen MR) is 118 cm³/mol. The SMILES string of the molecule is Cc1nn(-c2ccccc2)c(C)c1[C@@H]1C(=O)NCCN1C(=O)Nc1cccc([N+](=O)[O-])c1. The fourth-order valence-electron chi connectivity index (χ4n) is 3.94. The number of carbonyl (C=O) groups is 2. The van der Waals surface area contributed by atoms with Crippen LogP contribution in [0.5, 0.6) is 0 Å². The third-order valence-electron chi connectivity index (χ3n) is 5.40. The first-order valence-electron chi connectivity index (χ1n) is 10.1. The maximum absolute atomic E-state index is 13.1. The normalized spacial score (nSPS) is 15.9. The number of nitro benzene ring substituents is 1. The molecule has 10 nitrogen and oxygen atoms in total. The molecule has 1 aliphatic heterocycles. The number of anilines is 1. The number of urea groups is 1. The van der Waals surface area contributed by atoms with Gasteiger partial charge < -0.3 is 15.5 Å². The molecule has 1 aliphatic rings. The van der Waals surface area contributed by atoms with Crippen LogP contribution in [0.1, 0.15) is 23.0 Å². The smallest absolute Gasteiger partial charge is 0.322 e. The Morgan fingerprint density at radius 2 is 1.94 bits per heavy atom. The van der Waals surface area contributed by atoms with E-state index < -0.39 is 17.0 Å². The summed E-state index contributed by atoms with van der Waals surface area (Å²) in [6, 6.07) is 13.8. The van der Waals surface area contributed by atoms with Gasteiger partial charge in [-0.2, -0.15) is 5.10 Å². The van der Waals surface area contributed by atoms with E-state index in [9.17, 15) is 19.7 Å². The number of para-hydroxylation sites is 1. The monoisotopic (exact) mass is 434 g/mol. The highest BCUT2D eigenvalue weighted by molar-refractivity contribution is 5.95. The first-order chi connectivity index (χ1) is 15.4. The Balaban J connectivity index is 1.67.